The van der Waals surface area contributed by atoms with Crippen molar-refractivity contribution in [2.24, 2.45) is 0 Å². The Morgan fingerprint density at radius 1 is 0.458 bits per heavy atom. The molecule has 1 N–H and O–H groups in total. The van der Waals surface area contributed by atoms with Crippen LogP contribution in [0.5, 0.6) is 0 Å². The van der Waals surface area contributed by atoms with Gasteiger partial charge in [0, 0.05) is 22.6 Å². The maximum absolute atomic E-state index is 4.08. The van der Waals surface area contributed by atoms with Crippen molar-refractivity contribution < 1.29 is 0 Å². The third-order valence-corrected chi connectivity index (χ3v) is 12.2. The zero-order valence-corrected chi connectivity index (χ0v) is 38.9. The van der Waals surface area contributed by atoms with Crippen molar-refractivity contribution >= 4 is 22.6 Å². The molecule has 0 amide bonds. The van der Waals surface area contributed by atoms with Gasteiger partial charge in [-0.1, -0.05) is 188 Å². The van der Waals surface area contributed by atoms with Crippen LogP contribution >= 0.6 is 0 Å². The molecular formula is C57H72N2. The Bertz CT molecular complexity index is 2250. The average Bonchev–Trinajstić information content (AvgIpc) is 3.98. The van der Waals surface area contributed by atoms with Crippen molar-refractivity contribution in [3.8, 4) is 11.1 Å². The molecule has 310 valence electrons. The monoisotopic (exact) mass is 785 g/mol. The largest absolute Gasteiger partial charge is 0.375 e. The molecule has 0 aromatic heterocycles. The lowest BCUT2D eigenvalue weighted by atomic mass is 9.84. The van der Waals surface area contributed by atoms with Gasteiger partial charge in [0.1, 0.15) is 0 Å². The third kappa shape index (κ3) is 9.97. The minimum absolute atomic E-state index is 0.0248. The molecular weight excluding hydrogens is 713 g/mol. The van der Waals surface area contributed by atoms with E-state index >= 15 is 0 Å². The van der Waals surface area contributed by atoms with Crippen LogP contribution < -0.4 is 10.2 Å². The molecule has 2 nitrogen and oxygen atoms in total. The van der Waals surface area contributed by atoms with E-state index in [0.29, 0.717) is 0 Å². The second-order valence-corrected chi connectivity index (χ2v) is 20.9. The van der Waals surface area contributed by atoms with Gasteiger partial charge in [0.05, 0.1) is 11.2 Å². The highest BCUT2D eigenvalue weighted by molar-refractivity contribution is 5.79. The predicted molar refractivity (Wildman–Crippen MR) is 259 cm³/mol. The van der Waals surface area contributed by atoms with E-state index in [9.17, 15) is 0 Å². The lowest BCUT2D eigenvalue weighted by molar-refractivity contribution is 0.588. The van der Waals surface area contributed by atoms with Crippen LogP contribution in [0, 0.1) is 0 Å². The molecule has 5 aromatic carbocycles. The van der Waals surface area contributed by atoms with E-state index in [2.05, 4.69) is 221 Å². The molecule has 0 radical (unpaired) electrons. The molecule has 0 unspecified atom stereocenters. The fourth-order valence-corrected chi connectivity index (χ4v) is 8.16. The summed E-state index contributed by atoms with van der Waals surface area (Å²) in [4.78, 5) is 2.56. The first-order valence-corrected chi connectivity index (χ1v) is 22.3. The van der Waals surface area contributed by atoms with E-state index in [0.717, 1.165) is 25.7 Å². The maximum atomic E-state index is 4.08. The highest BCUT2D eigenvalue weighted by Gasteiger charge is 2.47. The Morgan fingerprint density at radius 3 is 1.31 bits per heavy atom. The van der Waals surface area contributed by atoms with Gasteiger partial charge in [0.25, 0.3) is 0 Å². The molecule has 0 heterocycles. The Balaban J connectivity index is 0.00000288. The van der Waals surface area contributed by atoms with Crippen LogP contribution in [0.4, 0.5) is 17.1 Å². The number of anilines is 3. The van der Waals surface area contributed by atoms with Crippen molar-refractivity contribution in [2.75, 3.05) is 10.2 Å². The number of hydrogen-bond acceptors (Lipinski definition) is 2. The third-order valence-electron chi connectivity index (χ3n) is 12.2. The smallest absolute Gasteiger partial charge is 0.0647 e. The SMILES string of the molecule is CC.CC(C)(C)c1ccc(NC2(c3cc(C(C)(C)C)ccc3N(C3=CC=C(c4ccc(C(C)(C)C)cc4)CC3)c3ccc(-c4ccc(C(C)(C)C)cc4)cc3)CC2)cc1. The quantitative estimate of drug-likeness (QED) is 0.169. The number of hydrogen-bond donors (Lipinski definition) is 1. The summed E-state index contributed by atoms with van der Waals surface area (Å²) in [5.74, 6) is 0. The van der Waals surface area contributed by atoms with Crippen LogP contribution in [0.15, 0.2) is 133 Å². The highest BCUT2D eigenvalue weighted by atomic mass is 15.2. The molecule has 1 fully saturated rings. The summed E-state index contributed by atoms with van der Waals surface area (Å²) in [6, 6.07) is 44.1. The lowest BCUT2D eigenvalue weighted by Crippen LogP contribution is -2.26. The molecule has 5 aromatic rings. The van der Waals surface area contributed by atoms with E-state index in [1.54, 1.807) is 0 Å². The van der Waals surface area contributed by atoms with Crippen LogP contribution in [0.1, 0.15) is 156 Å². The normalized spacial score (nSPS) is 15.4. The van der Waals surface area contributed by atoms with Gasteiger partial charge in [0.15, 0.2) is 0 Å². The summed E-state index contributed by atoms with van der Waals surface area (Å²) < 4.78 is 0. The van der Waals surface area contributed by atoms with Crippen LogP contribution in [-0.2, 0) is 27.2 Å². The Labute approximate surface area is 358 Å². The van der Waals surface area contributed by atoms with Crippen LogP contribution in [0.25, 0.3) is 16.7 Å². The van der Waals surface area contributed by atoms with Gasteiger partial charge < -0.3 is 10.2 Å². The molecule has 0 aliphatic heterocycles. The number of benzene rings is 5. The van der Waals surface area contributed by atoms with Crippen molar-refractivity contribution in [1.29, 1.82) is 0 Å². The molecule has 2 aliphatic carbocycles. The minimum atomic E-state index is -0.141. The molecule has 0 bridgehead atoms. The topological polar surface area (TPSA) is 15.3 Å². The number of nitrogens with zero attached hydrogens (tertiary/aromatic N) is 1. The second kappa shape index (κ2) is 16.7. The van der Waals surface area contributed by atoms with Crippen molar-refractivity contribution in [3.05, 3.63) is 166 Å². The van der Waals surface area contributed by atoms with E-state index in [4.69, 9.17) is 0 Å². The van der Waals surface area contributed by atoms with E-state index < -0.39 is 0 Å². The van der Waals surface area contributed by atoms with Gasteiger partial charge in [0.2, 0.25) is 0 Å². The molecule has 59 heavy (non-hydrogen) atoms. The lowest BCUT2D eigenvalue weighted by Gasteiger charge is -2.35. The fourth-order valence-electron chi connectivity index (χ4n) is 8.16. The van der Waals surface area contributed by atoms with Gasteiger partial charge >= 0.3 is 0 Å². The molecule has 1 saturated carbocycles. The average molecular weight is 785 g/mol. The molecule has 0 saturated heterocycles. The van der Waals surface area contributed by atoms with Crippen LogP contribution in [0.2, 0.25) is 0 Å². The number of nitrogens with one attached hydrogen (secondary N) is 1. The van der Waals surface area contributed by atoms with Gasteiger partial charge in [-0.25, -0.2) is 0 Å². The molecule has 7 rings (SSSR count). The van der Waals surface area contributed by atoms with E-state index in [1.807, 2.05) is 13.8 Å². The Morgan fingerprint density at radius 2 is 0.881 bits per heavy atom. The summed E-state index contributed by atoms with van der Waals surface area (Å²) in [6.07, 6.45) is 8.90. The predicted octanol–water partition coefficient (Wildman–Crippen LogP) is 16.6. The summed E-state index contributed by atoms with van der Waals surface area (Å²) in [5.41, 5.74) is 17.3. The minimum Gasteiger partial charge on any atom is -0.375 e. The summed E-state index contributed by atoms with van der Waals surface area (Å²) in [6.45, 7) is 31.5. The summed E-state index contributed by atoms with van der Waals surface area (Å²) in [7, 11) is 0. The molecule has 0 atom stereocenters. The first-order chi connectivity index (χ1) is 27.7. The molecule has 2 aliphatic rings. The first-order valence-electron chi connectivity index (χ1n) is 22.3. The Kier molecular flexibility index (Phi) is 12.4. The van der Waals surface area contributed by atoms with Crippen molar-refractivity contribution in [1.82, 2.24) is 0 Å². The van der Waals surface area contributed by atoms with Crippen molar-refractivity contribution in [3.63, 3.8) is 0 Å². The number of rotatable bonds is 8. The van der Waals surface area contributed by atoms with Crippen LogP contribution in [0.3, 0.4) is 0 Å². The molecule has 2 heteroatoms. The number of allylic oxidation sites excluding steroid dienone is 4. The summed E-state index contributed by atoms with van der Waals surface area (Å²) >= 11 is 0. The maximum Gasteiger partial charge on any atom is 0.0647 e. The zero-order valence-electron chi connectivity index (χ0n) is 38.9. The highest BCUT2D eigenvalue weighted by Crippen LogP contribution is 2.54. The zero-order chi connectivity index (χ0) is 43.0. The Hall–Kier alpha value is -4.82. The standard InChI is InChI=1S/C55H66N2.C2H6/c1-51(2,3)42-21-13-38(14-22-42)40-17-30-47(31-18-40)57(48-32-19-41(20-33-48)39-15-23-43(24-16-39)52(4,5)6)50-34-27-45(54(10,11)12)37-49(50)55(35-36-55)56-46-28-25-44(26-29-46)53(7,8)9;1-2/h13-19,21-32,34,37,56H,20,33,35-36H2,1-12H3;1-2H3. The van der Waals surface area contributed by atoms with Crippen molar-refractivity contribution in [2.45, 2.75) is 150 Å². The second-order valence-electron chi connectivity index (χ2n) is 20.9. The van der Waals surface area contributed by atoms with E-state index in [-0.39, 0.29) is 27.2 Å². The van der Waals surface area contributed by atoms with Gasteiger partial charge in [-0.2, -0.15) is 0 Å². The van der Waals surface area contributed by atoms with Gasteiger partial charge in [-0.05, 0) is 128 Å². The van der Waals surface area contributed by atoms with Crippen LogP contribution in [-0.4, -0.2) is 0 Å². The van der Waals surface area contributed by atoms with Gasteiger partial charge in [-0.15, -0.1) is 0 Å². The van der Waals surface area contributed by atoms with E-state index in [1.165, 1.54) is 72.8 Å². The first kappa shape index (κ1) is 43.8. The van der Waals surface area contributed by atoms with Gasteiger partial charge in [-0.3, -0.25) is 0 Å². The summed E-state index contributed by atoms with van der Waals surface area (Å²) in [5, 5.41) is 4.08. The fraction of sp³-hybridized carbons (Fsp3) is 0.404. The molecule has 0 spiro atoms.